The van der Waals surface area contributed by atoms with Crippen LogP contribution in [0, 0.1) is 11.3 Å². The molecule has 1 aromatic rings. The van der Waals surface area contributed by atoms with Crippen molar-refractivity contribution in [2.45, 2.75) is 137 Å². The van der Waals surface area contributed by atoms with Crippen LogP contribution < -0.4 is 20.7 Å². The number of aldehydes is 1. The van der Waals surface area contributed by atoms with Gasteiger partial charge in [0.15, 0.2) is 0 Å². The summed E-state index contributed by atoms with van der Waals surface area (Å²) in [7, 11) is 0. The van der Waals surface area contributed by atoms with Crippen molar-refractivity contribution in [1.82, 2.24) is 25.6 Å². The molecule has 4 amide bonds. The van der Waals surface area contributed by atoms with Crippen molar-refractivity contribution in [3.63, 3.8) is 0 Å². The Kier molecular flexibility index (Phi) is 26.7. The van der Waals surface area contributed by atoms with Gasteiger partial charge in [0.2, 0.25) is 11.7 Å². The Morgan fingerprint density at radius 1 is 0.962 bits per heavy atom. The molecule has 1 aliphatic carbocycles. The van der Waals surface area contributed by atoms with Crippen LogP contribution in [0.3, 0.4) is 0 Å². The molecule has 1 aromatic carbocycles. The number of thiol groups is 1. The van der Waals surface area contributed by atoms with Crippen LogP contribution in [-0.2, 0) is 35.3 Å². The number of rotatable bonds is 14. The second kappa shape index (κ2) is 28.7. The standard InChI is InChI=1S/C21H29N3O5.C9H16N2O2S.C6H12.C4H10/c1-21(2,3)18(19(27)24-11-7-10-16(24)13-25)23-20(28)22-12-17(26)29-14-15-8-5-4-6-9-15;1-3-5-7(11-14)8(12)9(13)10-6-4-2;1-2-4-6-5-3-1;1-4(2)3/h4-6,8-9,13,16,18H,7,10-12,14H2,1-3H3,(H2,22,23,28);4,7,11,14H,2-3,5-6H2,1H3,(H,10,13);1-6H2;4H,1-3H3/t16-,18?;;;/m0.../s1. The minimum Gasteiger partial charge on any atom is -0.460 e. The number of carbonyl (C=O) groups excluding carboxylic acids is 6. The molecule has 1 heterocycles. The van der Waals surface area contributed by atoms with E-state index in [2.05, 4.69) is 60.8 Å². The summed E-state index contributed by atoms with van der Waals surface area (Å²) in [5.74, 6) is -1.12. The predicted molar refractivity (Wildman–Crippen MR) is 214 cm³/mol. The summed E-state index contributed by atoms with van der Waals surface area (Å²) in [4.78, 5) is 72.4. The summed E-state index contributed by atoms with van der Waals surface area (Å²) >= 11 is 3.80. The Hall–Kier alpha value is -3.71. The molecule has 0 radical (unpaired) electrons. The van der Waals surface area contributed by atoms with Crippen LogP contribution in [0.25, 0.3) is 0 Å². The van der Waals surface area contributed by atoms with Crippen LogP contribution in [0.5, 0.6) is 0 Å². The Bertz CT molecular complexity index is 1220. The normalized spacial score (nSPS) is 16.0. The molecule has 2 aliphatic rings. The third-order valence-corrected chi connectivity index (χ3v) is 8.26. The van der Waals surface area contributed by atoms with E-state index < -0.39 is 47.2 Å². The molecule has 4 N–H and O–H groups in total. The molecule has 12 nitrogen and oxygen atoms in total. The maximum absolute atomic E-state index is 12.9. The third kappa shape index (κ3) is 22.9. The third-order valence-electron chi connectivity index (χ3n) is 7.94. The van der Waals surface area contributed by atoms with E-state index in [1.165, 1.54) is 49.5 Å². The van der Waals surface area contributed by atoms with Gasteiger partial charge < -0.3 is 30.4 Å². The van der Waals surface area contributed by atoms with Crippen LogP contribution in [0.15, 0.2) is 43.0 Å². The zero-order valence-corrected chi connectivity index (χ0v) is 34.1. The first-order chi connectivity index (χ1) is 25.1. The van der Waals surface area contributed by atoms with Crippen LogP contribution in [0.1, 0.15) is 118 Å². The number of carbonyl (C=O) groups is 6. The fraction of sp³-hybridized carbons (Fsp3) is 0.650. The molecule has 2 fully saturated rings. The summed E-state index contributed by atoms with van der Waals surface area (Å²) in [6.07, 6.45) is 14.1. The number of ketones is 1. The highest BCUT2D eigenvalue weighted by Crippen LogP contribution is 2.25. The van der Waals surface area contributed by atoms with Gasteiger partial charge in [0, 0.05) is 13.1 Å². The van der Waals surface area contributed by atoms with Gasteiger partial charge in [-0.05, 0) is 36.2 Å². The molecular formula is C40H67N5O7S. The minimum absolute atomic E-state index is 0.119. The van der Waals surface area contributed by atoms with E-state index in [1.54, 1.807) is 0 Å². The molecule has 0 aromatic heterocycles. The number of nitrogens with one attached hydrogen (secondary N) is 4. The predicted octanol–water partition coefficient (Wildman–Crippen LogP) is 6.10. The van der Waals surface area contributed by atoms with Gasteiger partial charge >= 0.3 is 12.0 Å². The molecule has 3 rings (SSSR count). The molecule has 0 bridgehead atoms. The van der Waals surface area contributed by atoms with Crippen molar-refractivity contribution in [3.05, 3.63) is 48.6 Å². The number of benzene rings is 1. The van der Waals surface area contributed by atoms with E-state index in [9.17, 15) is 28.8 Å². The minimum atomic E-state index is -0.830. The molecule has 13 heteroatoms. The number of hydrogen-bond donors (Lipinski definition) is 5. The zero-order valence-electron chi connectivity index (χ0n) is 33.2. The zero-order chi connectivity index (χ0) is 40.2. The van der Waals surface area contributed by atoms with Gasteiger partial charge in [-0.25, -0.2) is 4.79 Å². The number of Topliss-reactive ketones (excluding diaryl/α,β-unsaturated/α-hetero) is 1. The van der Waals surface area contributed by atoms with Gasteiger partial charge in [-0.2, -0.15) is 0 Å². The fourth-order valence-electron chi connectivity index (χ4n) is 5.16. The second-order valence-electron chi connectivity index (χ2n) is 14.8. The summed E-state index contributed by atoms with van der Waals surface area (Å²) in [5.41, 5.74) is 0.275. The van der Waals surface area contributed by atoms with Crippen LogP contribution in [0.2, 0.25) is 0 Å². The van der Waals surface area contributed by atoms with Crippen molar-refractivity contribution in [2.75, 3.05) is 19.6 Å². The Balaban J connectivity index is 0.000000922. The number of esters is 1. The fourth-order valence-corrected chi connectivity index (χ4v) is 5.41. The quantitative estimate of drug-likeness (QED) is 0.0500. The molecule has 300 valence electrons. The van der Waals surface area contributed by atoms with Crippen molar-refractivity contribution in [3.8, 4) is 0 Å². The van der Waals surface area contributed by atoms with Gasteiger partial charge in [0.05, 0.1) is 12.1 Å². The van der Waals surface area contributed by atoms with Crippen LogP contribution >= 0.6 is 12.8 Å². The van der Waals surface area contributed by atoms with E-state index in [0.29, 0.717) is 25.9 Å². The first-order valence-corrected chi connectivity index (χ1v) is 19.4. The SMILES string of the molecule is C1CCCCC1.C=CCNC(=O)C(=O)C(CCC)NS.CC(C)(C)C(NC(=O)NCC(=O)OCc1ccccc1)C(=O)N1CCC[C@H]1C=O.CC(C)C. The lowest BCUT2D eigenvalue weighted by molar-refractivity contribution is -0.143. The number of nitrogens with zero attached hydrogens (tertiary/aromatic N) is 1. The second-order valence-corrected chi connectivity index (χ2v) is 15.1. The average molecular weight is 762 g/mol. The number of likely N-dealkylation sites (tertiary alicyclic amines) is 1. The van der Waals surface area contributed by atoms with Gasteiger partial charge in [-0.15, -0.1) is 6.58 Å². The molecule has 1 saturated heterocycles. The summed E-state index contributed by atoms with van der Waals surface area (Å²) < 4.78 is 7.63. The number of ether oxygens (including phenoxy) is 1. The molecule has 0 spiro atoms. The van der Waals surface area contributed by atoms with Crippen LogP contribution in [0.4, 0.5) is 4.79 Å². The molecule has 1 saturated carbocycles. The largest absolute Gasteiger partial charge is 0.460 e. The topological polar surface area (TPSA) is 163 Å². The van der Waals surface area contributed by atoms with Crippen molar-refractivity contribution >= 4 is 48.7 Å². The highest BCUT2D eigenvalue weighted by Gasteiger charge is 2.39. The van der Waals surface area contributed by atoms with Crippen molar-refractivity contribution < 1.29 is 33.5 Å². The Morgan fingerprint density at radius 2 is 1.53 bits per heavy atom. The monoisotopic (exact) mass is 761 g/mol. The summed E-state index contributed by atoms with van der Waals surface area (Å²) in [6.45, 7) is 18.0. The number of urea groups is 1. The van der Waals surface area contributed by atoms with Crippen LogP contribution in [-0.4, -0.2) is 78.5 Å². The number of hydrogen-bond acceptors (Lipinski definition) is 9. The number of amides is 4. The molecule has 2 unspecified atom stereocenters. The van der Waals surface area contributed by atoms with Gasteiger partial charge in [-0.3, -0.25) is 23.9 Å². The first kappa shape index (κ1) is 49.3. The van der Waals surface area contributed by atoms with E-state index in [0.717, 1.165) is 30.6 Å². The summed E-state index contributed by atoms with van der Waals surface area (Å²) in [6, 6.07) is 6.78. The van der Waals surface area contributed by atoms with Crippen molar-refractivity contribution in [1.29, 1.82) is 0 Å². The Morgan fingerprint density at radius 3 is 2.00 bits per heavy atom. The lowest BCUT2D eigenvalue weighted by atomic mass is 9.85. The lowest BCUT2D eigenvalue weighted by Crippen LogP contribution is -2.58. The van der Waals surface area contributed by atoms with Crippen molar-refractivity contribution in [2.24, 2.45) is 11.3 Å². The molecule has 1 aliphatic heterocycles. The van der Waals surface area contributed by atoms with E-state index in [-0.39, 0.29) is 19.1 Å². The van der Waals surface area contributed by atoms with E-state index in [4.69, 9.17) is 4.74 Å². The van der Waals surface area contributed by atoms with E-state index in [1.807, 2.05) is 58.0 Å². The maximum atomic E-state index is 12.9. The first-order valence-electron chi connectivity index (χ1n) is 18.9. The highest BCUT2D eigenvalue weighted by atomic mass is 32.1. The lowest BCUT2D eigenvalue weighted by Gasteiger charge is -2.34. The molecule has 3 atom stereocenters. The Labute approximate surface area is 323 Å². The average Bonchev–Trinajstić information content (AvgIpc) is 3.63. The molecular weight excluding hydrogens is 695 g/mol. The van der Waals surface area contributed by atoms with Gasteiger partial charge in [-0.1, -0.05) is 143 Å². The van der Waals surface area contributed by atoms with E-state index >= 15 is 0 Å². The van der Waals surface area contributed by atoms with Gasteiger partial charge in [0.25, 0.3) is 5.91 Å². The summed E-state index contributed by atoms with van der Waals surface area (Å²) in [5, 5.41) is 7.49. The maximum Gasteiger partial charge on any atom is 0.325 e. The highest BCUT2D eigenvalue weighted by molar-refractivity contribution is 7.78. The van der Waals surface area contributed by atoms with Gasteiger partial charge in [0.1, 0.15) is 25.5 Å². The molecule has 53 heavy (non-hydrogen) atoms. The smallest absolute Gasteiger partial charge is 0.325 e.